The van der Waals surface area contributed by atoms with E-state index in [1.807, 2.05) is 18.2 Å². The largest absolute Gasteiger partial charge is 0.455 e. The molecule has 0 saturated carbocycles. The van der Waals surface area contributed by atoms with Crippen molar-refractivity contribution < 1.29 is 22.9 Å². The highest BCUT2D eigenvalue weighted by Gasteiger charge is 2.30. The van der Waals surface area contributed by atoms with Crippen LogP contribution >= 0.6 is 11.6 Å². The number of sulfonamides is 1. The maximum Gasteiger partial charge on any atom is 0.293 e. The molecule has 2 aromatic heterocycles. The minimum Gasteiger partial charge on any atom is -0.455 e. The SMILES string of the molecule is CC1(C)CCC(CN2CCN(c3ccc(C(=O)NS(=O)(=O)c4ccc(NCC5CCNC5)c([N+](=O)[O-])c4)c(Oc4cnc5[nH]ccc5c4)c3)CC2)=C(c2ccc(Cl)cc2)C1. The van der Waals surface area contributed by atoms with Crippen LogP contribution < -0.4 is 25.0 Å². The highest BCUT2D eigenvalue weighted by molar-refractivity contribution is 7.90. The van der Waals surface area contributed by atoms with Gasteiger partial charge in [0.2, 0.25) is 0 Å². The predicted molar refractivity (Wildman–Crippen MR) is 234 cm³/mol. The van der Waals surface area contributed by atoms with Crippen molar-refractivity contribution >= 4 is 61.2 Å². The van der Waals surface area contributed by atoms with E-state index in [1.54, 1.807) is 30.5 Å². The molecular formula is C44H49ClN8O6S. The van der Waals surface area contributed by atoms with Gasteiger partial charge in [0.25, 0.3) is 21.6 Å². The number of anilines is 2. The number of nitrogens with one attached hydrogen (secondary N) is 4. The van der Waals surface area contributed by atoms with Crippen LogP contribution in [-0.4, -0.2) is 86.5 Å². The normalized spacial score (nSPS) is 18.4. The first-order valence-electron chi connectivity index (χ1n) is 20.3. The molecule has 16 heteroatoms. The number of halogens is 1. The minimum absolute atomic E-state index is 0.0324. The van der Waals surface area contributed by atoms with E-state index in [1.165, 1.54) is 35.0 Å². The Kier molecular flexibility index (Phi) is 11.9. The Balaban J connectivity index is 1.01. The molecule has 5 aromatic rings. The van der Waals surface area contributed by atoms with Crippen molar-refractivity contribution in [3.05, 3.63) is 117 Å². The van der Waals surface area contributed by atoms with Crippen molar-refractivity contribution in [1.82, 2.24) is 24.9 Å². The number of aromatic nitrogens is 2. The Labute approximate surface area is 354 Å². The highest BCUT2D eigenvalue weighted by Crippen LogP contribution is 2.43. The molecule has 4 heterocycles. The number of piperazine rings is 1. The number of nitrogens with zero attached hydrogens (tertiary/aromatic N) is 4. The number of fused-ring (bicyclic) bond motifs is 1. The summed E-state index contributed by atoms with van der Waals surface area (Å²) in [6.07, 6.45) is 7.42. The lowest BCUT2D eigenvalue weighted by Gasteiger charge is -2.39. The number of amides is 1. The number of nitro groups is 1. The zero-order chi connectivity index (χ0) is 42.0. The van der Waals surface area contributed by atoms with Gasteiger partial charge in [0.05, 0.1) is 21.6 Å². The quantitative estimate of drug-likeness (QED) is 0.0671. The number of pyridine rings is 1. The fraction of sp³-hybridized carbons (Fsp3) is 0.364. The Hall–Kier alpha value is -5.48. The standard InChI is InChI=1S/C44H49ClN8O6S/c1-44(2)14-11-32(38(24-44)30-3-5-33(45)6-4-30)28-51-17-19-52(20-18-51)34-7-9-37(41(22-34)59-35-21-31-13-16-47-42(31)49-27-35)43(54)50-60(57,58)36-8-10-39(40(23-36)53(55)56)48-26-29-12-15-46-25-29/h3-10,13,16,21-23,27,29,46,48H,11-12,14-15,17-20,24-26,28H2,1-2H3,(H,47,49)(H,50,54). The third-order valence-electron chi connectivity index (χ3n) is 11.8. The van der Waals surface area contributed by atoms with E-state index in [4.69, 9.17) is 16.3 Å². The molecule has 0 bridgehead atoms. The van der Waals surface area contributed by atoms with Crippen molar-refractivity contribution in [1.29, 1.82) is 0 Å². The number of carbonyl (C=O) groups excluding carboxylic acids is 1. The molecule has 1 aliphatic carbocycles. The fourth-order valence-electron chi connectivity index (χ4n) is 8.34. The summed E-state index contributed by atoms with van der Waals surface area (Å²) in [5, 5.41) is 19.9. The third-order valence-corrected chi connectivity index (χ3v) is 13.4. The molecule has 60 heavy (non-hydrogen) atoms. The first kappa shape index (κ1) is 41.3. The second-order valence-electron chi connectivity index (χ2n) is 16.7. The van der Waals surface area contributed by atoms with Crippen molar-refractivity contribution in [3.63, 3.8) is 0 Å². The molecule has 0 spiro atoms. The van der Waals surface area contributed by atoms with Crippen LogP contribution in [0.25, 0.3) is 16.6 Å². The first-order chi connectivity index (χ1) is 28.8. The van der Waals surface area contributed by atoms with Crippen LogP contribution in [0.15, 0.2) is 95.7 Å². The van der Waals surface area contributed by atoms with Gasteiger partial charge in [-0.25, -0.2) is 18.1 Å². The summed E-state index contributed by atoms with van der Waals surface area (Å²) in [6, 6.07) is 20.4. The lowest BCUT2D eigenvalue weighted by atomic mass is 9.72. The van der Waals surface area contributed by atoms with E-state index in [-0.39, 0.29) is 22.4 Å². The van der Waals surface area contributed by atoms with E-state index in [0.717, 1.165) is 93.7 Å². The zero-order valence-corrected chi connectivity index (χ0v) is 35.2. The number of hydrogen-bond donors (Lipinski definition) is 4. The second-order valence-corrected chi connectivity index (χ2v) is 18.8. The van der Waals surface area contributed by atoms with Crippen LogP contribution in [-0.2, 0) is 10.0 Å². The molecule has 8 rings (SSSR count). The molecule has 1 amide bonds. The number of benzene rings is 3. The molecule has 1 atom stereocenters. The van der Waals surface area contributed by atoms with E-state index in [0.29, 0.717) is 23.9 Å². The molecule has 14 nitrogen and oxygen atoms in total. The molecule has 2 aliphatic heterocycles. The van der Waals surface area contributed by atoms with E-state index in [9.17, 15) is 23.3 Å². The maximum atomic E-state index is 13.9. The van der Waals surface area contributed by atoms with Gasteiger partial charge in [0.15, 0.2) is 0 Å². The van der Waals surface area contributed by atoms with Crippen LogP contribution in [0.1, 0.15) is 55.5 Å². The van der Waals surface area contributed by atoms with Gasteiger partial charge in [-0.05, 0) is 110 Å². The van der Waals surface area contributed by atoms with Crippen LogP contribution in [0.2, 0.25) is 5.02 Å². The average molecular weight is 853 g/mol. The molecule has 314 valence electrons. The predicted octanol–water partition coefficient (Wildman–Crippen LogP) is 7.84. The Morgan fingerprint density at radius 3 is 2.60 bits per heavy atom. The Morgan fingerprint density at radius 1 is 1.05 bits per heavy atom. The van der Waals surface area contributed by atoms with Crippen LogP contribution in [0.3, 0.4) is 0 Å². The van der Waals surface area contributed by atoms with Crippen LogP contribution in [0.5, 0.6) is 11.5 Å². The van der Waals surface area contributed by atoms with E-state index in [2.05, 4.69) is 61.1 Å². The van der Waals surface area contributed by atoms with Gasteiger partial charge in [-0.15, -0.1) is 0 Å². The number of hydrogen-bond acceptors (Lipinski definition) is 11. The minimum atomic E-state index is -4.54. The third kappa shape index (κ3) is 9.44. The highest BCUT2D eigenvalue weighted by atomic mass is 35.5. The number of allylic oxidation sites excluding steroid dienone is 1. The van der Waals surface area contributed by atoms with Gasteiger partial charge in [0.1, 0.15) is 22.8 Å². The van der Waals surface area contributed by atoms with Gasteiger partial charge >= 0.3 is 0 Å². The van der Waals surface area contributed by atoms with Gasteiger partial charge in [-0.1, -0.05) is 43.2 Å². The van der Waals surface area contributed by atoms with Crippen molar-refractivity contribution in [2.45, 2.75) is 44.4 Å². The number of H-pyrrole nitrogens is 1. The second kappa shape index (κ2) is 17.2. The molecule has 0 radical (unpaired) electrons. The van der Waals surface area contributed by atoms with Crippen molar-refractivity contribution in [3.8, 4) is 11.5 Å². The van der Waals surface area contributed by atoms with Gasteiger partial charge in [-0.3, -0.25) is 19.8 Å². The molecule has 2 fully saturated rings. The van der Waals surface area contributed by atoms with Crippen molar-refractivity contribution in [2.75, 3.05) is 62.6 Å². The lowest BCUT2D eigenvalue weighted by molar-refractivity contribution is -0.384. The first-order valence-corrected chi connectivity index (χ1v) is 22.2. The Morgan fingerprint density at radius 2 is 1.85 bits per heavy atom. The van der Waals surface area contributed by atoms with Gasteiger partial charge in [-0.2, -0.15) is 0 Å². The van der Waals surface area contributed by atoms with Crippen molar-refractivity contribution in [2.24, 2.45) is 11.3 Å². The summed E-state index contributed by atoms with van der Waals surface area (Å²) < 4.78 is 35.7. The smallest absolute Gasteiger partial charge is 0.293 e. The van der Waals surface area contributed by atoms with E-state index < -0.39 is 31.4 Å². The topological polar surface area (TPSA) is 175 Å². The molecule has 3 aromatic carbocycles. The van der Waals surface area contributed by atoms with Gasteiger partial charge < -0.3 is 25.3 Å². The molecule has 3 aliphatic rings. The Bertz CT molecular complexity index is 2550. The summed E-state index contributed by atoms with van der Waals surface area (Å²) >= 11 is 6.24. The van der Waals surface area contributed by atoms with Gasteiger partial charge in [0, 0.05) is 73.7 Å². The fourth-order valence-corrected chi connectivity index (χ4v) is 9.45. The molecule has 2 saturated heterocycles. The monoisotopic (exact) mass is 852 g/mol. The summed E-state index contributed by atoms with van der Waals surface area (Å²) in [5.74, 6) is -0.161. The molecule has 4 N–H and O–H groups in total. The molecule has 1 unspecified atom stereocenters. The number of carbonyl (C=O) groups is 1. The number of nitro benzene ring substituents is 1. The summed E-state index contributed by atoms with van der Waals surface area (Å²) in [4.78, 5) is 37.0. The summed E-state index contributed by atoms with van der Waals surface area (Å²) in [6.45, 7) is 10.8. The lowest BCUT2D eigenvalue weighted by Crippen LogP contribution is -2.47. The average Bonchev–Trinajstić information content (AvgIpc) is 3.93. The number of aromatic amines is 1. The van der Waals surface area contributed by atoms with Crippen LogP contribution in [0.4, 0.5) is 17.1 Å². The van der Waals surface area contributed by atoms with Crippen LogP contribution in [0, 0.1) is 21.4 Å². The number of ether oxygens (including phenoxy) is 1. The maximum absolute atomic E-state index is 13.9. The number of rotatable bonds is 13. The zero-order valence-electron chi connectivity index (χ0n) is 33.7. The summed E-state index contributed by atoms with van der Waals surface area (Å²) in [5.41, 5.74) is 5.58. The van der Waals surface area contributed by atoms with E-state index >= 15 is 0 Å². The molecular weight excluding hydrogens is 804 g/mol. The summed E-state index contributed by atoms with van der Waals surface area (Å²) in [7, 11) is -4.54.